The summed E-state index contributed by atoms with van der Waals surface area (Å²) in [6, 6.07) is 8.41. The average molecular weight is 279 g/mol. The van der Waals surface area contributed by atoms with Gasteiger partial charge in [0.05, 0.1) is 13.7 Å². The van der Waals surface area contributed by atoms with Crippen LogP contribution in [0.1, 0.15) is 31.7 Å². The number of hydrogen-bond donors (Lipinski definition) is 1. The monoisotopic (exact) mass is 279 g/mol. The maximum absolute atomic E-state index is 5.30. The van der Waals surface area contributed by atoms with E-state index in [0.717, 1.165) is 31.9 Å². The van der Waals surface area contributed by atoms with Crippen molar-refractivity contribution in [3.63, 3.8) is 0 Å². The number of nitrogens with one attached hydrogen (secondary N) is 1. The number of rotatable bonds is 11. The van der Waals surface area contributed by atoms with Gasteiger partial charge in [-0.3, -0.25) is 0 Å². The molecule has 3 heteroatoms. The number of unbranched alkanes of at least 4 members (excludes halogenated alkanes) is 1. The van der Waals surface area contributed by atoms with Gasteiger partial charge in [-0.1, -0.05) is 31.9 Å². The van der Waals surface area contributed by atoms with Gasteiger partial charge >= 0.3 is 0 Å². The van der Waals surface area contributed by atoms with Crippen molar-refractivity contribution in [2.24, 2.45) is 5.92 Å². The first-order valence-corrected chi connectivity index (χ1v) is 7.62. The van der Waals surface area contributed by atoms with E-state index < -0.39 is 0 Å². The van der Waals surface area contributed by atoms with E-state index in [1.807, 2.05) is 6.07 Å². The highest BCUT2D eigenvalue weighted by atomic mass is 16.5. The molecule has 20 heavy (non-hydrogen) atoms. The minimum absolute atomic E-state index is 0.680. The fraction of sp³-hybridized carbons (Fsp3) is 0.647. The molecule has 0 bridgehead atoms. The molecule has 0 radical (unpaired) electrons. The normalized spacial score (nSPS) is 12.3. The van der Waals surface area contributed by atoms with E-state index in [1.54, 1.807) is 14.2 Å². The molecule has 1 N–H and O–H groups in total. The second-order valence-electron chi connectivity index (χ2n) is 5.26. The van der Waals surface area contributed by atoms with Crippen molar-refractivity contribution in [3.05, 3.63) is 29.8 Å². The lowest BCUT2D eigenvalue weighted by Gasteiger charge is -2.18. The predicted octanol–water partition coefficient (Wildman–Crippen LogP) is 3.28. The molecule has 0 spiro atoms. The Bertz CT molecular complexity index is 355. The van der Waals surface area contributed by atoms with Crippen LogP contribution in [0.15, 0.2) is 24.3 Å². The molecule has 0 fully saturated rings. The highest BCUT2D eigenvalue weighted by molar-refractivity contribution is 5.28. The van der Waals surface area contributed by atoms with E-state index in [2.05, 4.69) is 30.4 Å². The lowest BCUT2D eigenvalue weighted by Crippen LogP contribution is -2.27. The fourth-order valence-electron chi connectivity index (χ4n) is 2.38. The summed E-state index contributed by atoms with van der Waals surface area (Å²) in [5, 5.41) is 3.49. The first-order valence-electron chi connectivity index (χ1n) is 7.62. The van der Waals surface area contributed by atoms with Gasteiger partial charge in [-0.15, -0.1) is 0 Å². The van der Waals surface area contributed by atoms with Gasteiger partial charge in [0.15, 0.2) is 0 Å². The summed E-state index contributed by atoms with van der Waals surface area (Å²) in [4.78, 5) is 0. The smallest absolute Gasteiger partial charge is 0.119 e. The number of methoxy groups -OCH3 is 2. The summed E-state index contributed by atoms with van der Waals surface area (Å²) in [5.41, 5.74) is 1.36. The first-order chi connectivity index (χ1) is 9.80. The molecular formula is C17H29NO2. The van der Waals surface area contributed by atoms with E-state index in [9.17, 15) is 0 Å². The third kappa shape index (κ3) is 6.92. The molecule has 1 aromatic rings. The van der Waals surface area contributed by atoms with E-state index in [1.165, 1.54) is 24.8 Å². The van der Waals surface area contributed by atoms with Crippen molar-refractivity contribution in [1.29, 1.82) is 0 Å². The van der Waals surface area contributed by atoms with Crippen molar-refractivity contribution in [2.75, 3.05) is 33.9 Å². The SMILES string of the molecule is CCCCC(CNCCOC)Cc1cccc(OC)c1. The summed E-state index contributed by atoms with van der Waals surface area (Å²) >= 11 is 0. The van der Waals surface area contributed by atoms with Gasteiger partial charge in [0.2, 0.25) is 0 Å². The topological polar surface area (TPSA) is 30.5 Å². The Hall–Kier alpha value is -1.06. The molecule has 0 saturated carbocycles. The molecule has 0 amide bonds. The molecule has 114 valence electrons. The molecule has 0 heterocycles. The average Bonchev–Trinajstić information content (AvgIpc) is 2.49. The van der Waals surface area contributed by atoms with Crippen LogP contribution in [-0.2, 0) is 11.2 Å². The van der Waals surface area contributed by atoms with Crippen molar-refractivity contribution < 1.29 is 9.47 Å². The van der Waals surface area contributed by atoms with E-state index >= 15 is 0 Å². The van der Waals surface area contributed by atoms with Gasteiger partial charge in [-0.05, 0) is 43.0 Å². The van der Waals surface area contributed by atoms with Crippen molar-refractivity contribution in [3.8, 4) is 5.75 Å². The Kier molecular flexibility index (Phi) is 9.09. The van der Waals surface area contributed by atoms with Crippen LogP contribution < -0.4 is 10.1 Å². The molecular weight excluding hydrogens is 250 g/mol. The Morgan fingerprint density at radius 3 is 2.80 bits per heavy atom. The second kappa shape index (κ2) is 10.7. The predicted molar refractivity (Wildman–Crippen MR) is 84.5 cm³/mol. The van der Waals surface area contributed by atoms with Gasteiger partial charge < -0.3 is 14.8 Å². The maximum atomic E-state index is 5.30. The molecule has 1 aromatic carbocycles. The highest BCUT2D eigenvalue weighted by Gasteiger charge is 2.09. The Labute approximate surface area is 123 Å². The molecule has 0 aliphatic rings. The molecule has 1 atom stereocenters. The number of benzene rings is 1. The van der Waals surface area contributed by atoms with Gasteiger partial charge in [-0.2, -0.15) is 0 Å². The van der Waals surface area contributed by atoms with Gasteiger partial charge in [0, 0.05) is 13.7 Å². The molecule has 0 aliphatic carbocycles. The van der Waals surface area contributed by atoms with Crippen LogP contribution >= 0.6 is 0 Å². The molecule has 0 aromatic heterocycles. The van der Waals surface area contributed by atoms with Gasteiger partial charge in [-0.25, -0.2) is 0 Å². The summed E-state index contributed by atoms with van der Waals surface area (Å²) in [5.74, 6) is 1.63. The second-order valence-corrected chi connectivity index (χ2v) is 5.26. The van der Waals surface area contributed by atoms with Crippen molar-refractivity contribution in [1.82, 2.24) is 5.32 Å². The molecule has 3 nitrogen and oxygen atoms in total. The van der Waals surface area contributed by atoms with Crippen LogP contribution in [-0.4, -0.2) is 33.9 Å². The molecule has 1 rings (SSSR count). The minimum atomic E-state index is 0.680. The standard InChI is InChI=1S/C17H29NO2/c1-4-5-7-16(14-18-10-11-19-2)12-15-8-6-9-17(13-15)20-3/h6,8-9,13,16,18H,4-5,7,10-12,14H2,1-3H3. The van der Waals surface area contributed by atoms with Gasteiger partial charge in [0.25, 0.3) is 0 Å². The third-order valence-corrected chi connectivity index (χ3v) is 3.54. The summed E-state index contributed by atoms with van der Waals surface area (Å²) < 4.78 is 10.4. The van der Waals surface area contributed by atoms with E-state index in [0.29, 0.717) is 5.92 Å². The van der Waals surface area contributed by atoms with E-state index in [-0.39, 0.29) is 0 Å². The van der Waals surface area contributed by atoms with Crippen LogP contribution in [0, 0.1) is 5.92 Å². The fourth-order valence-corrected chi connectivity index (χ4v) is 2.38. The zero-order valence-corrected chi connectivity index (χ0v) is 13.2. The third-order valence-electron chi connectivity index (χ3n) is 3.54. The van der Waals surface area contributed by atoms with Crippen LogP contribution in [0.4, 0.5) is 0 Å². The summed E-state index contributed by atoms with van der Waals surface area (Å²) in [7, 11) is 3.46. The Morgan fingerprint density at radius 1 is 1.25 bits per heavy atom. The number of ether oxygens (including phenoxy) is 2. The maximum Gasteiger partial charge on any atom is 0.119 e. The van der Waals surface area contributed by atoms with Crippen LogP contribution in [0.5, 0.6) is 5.75 Å². The molecule has 1 unspecified atom stereocenters. The summed E-state index contributed by atoms with van der Waals surface area (Å²) in [6.07, 6.45) is 4.93. The summed E-state index contributed by atoms with van der Waals surface area (Å²) in [6.45, 7) is 5.01. The zero-order chi connectivity index (χ0) is 14.6. The highest BCUT2D eigenvalue weighted by Crippen LogP contribution is 2.19. The quantitative estimate of drug-likeness (QED) is 0.631. The van der Waals surface area contributed by atoms with Crippen molar-refractivity contribution in [2.45, 2.75) is 32.6 Å². The van der Waals surface area contributed by atoms with Crippen molar-refractivity contribution >= 4 is 0 Å². The lowest BCUT2D eigenvalue weighted by atomic mass is 9.94. The van der Waals surface area contributed by atoms with Crippen LogP contribution in [0.25, 0.3) is 0 Å². The molecule has 0 saturated heterocycles. The van der Waals surface area contributed by atoms with Gasteiger partial charge in [0.1, 0.15) is 5.75 Å². The zero-order valence-electron chi connectivity index (χ0n) is 13.2. The lowest BCUT2D eigenvalue weighted by molar-refractivity contribution is 0.197. The minimum Gasteiger partial charge on any atom is -0.497 e. The number of hydrogen-bond acceptors (Lipinski definition) is 3. The van der Waals surface area contributed by atoms with E-state index in [4.69, 9.17) is 9.47 Å². The first kappa shape index (κ1) is 17.0. The molecule has 0 aliphatic heterocycles. The van der Waals surface area contributed by atoms with Crippen LogP contribution in [0.2, 0.25) is 0 Å². The Morgan fingerprint density at radius 2 is 2.10 bits per heavy atom. The van der Waals surface area contributed by atoms with Crippen LogP contribution in [0.3, 0.4) is 0 Å². The Balaban J connectivity index is 2.48. The largest absolute Gasteiger partial charge is 0.497 e.